The lowest BCUT2D eigenvalue weighted by Crippen LogP contribution is -2.25. The van der Waals surface area contributed by atoms with Crippen LogP contribution in [0, 0.1) is 6.92 Å². The Bertz CT molecular complexity index is 442. The Kier molecular flexibility index (Phi) is 7.94. The first-order valence-electron chi connectivity index (χ1n) is 7.26. The number of carboxylic acid groups (broad SMARTS) is 1. The van der Waals surface area contributed by atoms with Gasteiger partial charge in [-0.2, -0.15) is 0 Å². The molecule has 0 saturated heterocycles. The van der Waals surface area contributed by atoms with Gasteiger partial charge >= 0.3 is 5.97 Å². The van der Waals surface area contributed by atoms with Crippen molar-refractivity contribution in [3.8, 4) is 5.75 Å². The highest BCUT2D eigenvalue weighted by molar-refractivity contribution is 5.75. The van der Waals surface area contributed by atoms with E-state index in [-0.39, 0.29) is 12.3 Å². The van der Waals surface area contributed by atoms with E-state index in [1.807, 2.05) is 31.2 Å². The minimum Gasteiger partial charge on any atom is -0.494 e. The maximum atomic E-state index is 11.5. The highest BCUT2D eigenvalue weighted by Gasteiger charge is 2.02. The summed E-state index contributed by atoms with van der Waals surface area (Å²) in [6.45, 7) is 3.15. The summed E-state index contributed by atoms with van der Waals surface area (Å²) in [7, 11) is 0. The van der Waals surface area contributed by atoms with E-state index < -0.39 is 5.97 Å². The quantitative estimate of drug-likeness (QED) is 0.650. The van der Waals surface area contributed by atoms with Crippen molar-refractivity contribution in [3.05, 3.63) is 29.8 Å². The Labute approximate surface area is 125 Å². The van der Waals surface area contributed by atoms with E-state index >= 15 is 0 Å². The third-order valence-corrected chi connectivity index (χ3v) is 2.98. The first-order chi connectivity index (χ1) is 10.1. The smallest absolute Gasteiger partial charge is 0.303 e. The van der Waals surface area contributed by atoms with Crippen LogP contribution in [-0.2, 0) is 9.59 Å². The van der Waals surface area contributed by atoms with E-state index in [1.54, 1.807) is 0 Å². The molecule has 1 aromatic rings. The van der Waals surface area contributed by atoms with Crippen molar-refractivity contribution < 1.29 is 19.4 Å². The summed E-state index contributed by atoms with van der Waals surface area (Å²) in [5, 5.41) is 11.3. The molecule has 116 valence electrons. The van der Waals surface area contributed by atoms with Gasteiger partial charge < -0.3 is 15.2 Å². The first-order valence-corrected chi connectivity index (χ1v) is 7.26. The van der Waals surface area contributed by atoms with E-state index in [9.17, 15) is 9.59 Å². The van der Waals surface area contributed by atoms with Crippen LogP contribution in [0.1, 0.15) is 37.7 Å². The molecule has 1 rings (SSSR count). The van der Waals surface area contributed by atoms with Crippen molar-refractivity contribution in [2.24, 2.45) is 0 Å². The molecule has 0 bridgehead atoms. The number of aryl methyl sites for hydroxylation is 1. The highest BCUT2D eigenvalue weighted by Crippen LogP contribution is 2.11. The van der Waals surface area contributed by atoms with Gasteiger partial charge in [0.15, 0.2) is 0 Å². The average molecular weight is 293 g/mol. The SMILES string of the molecule is Cc1ccc(OCCCNC(=O)CCCCC(=O)O)cc1. The monoisotopic (exact) mass is 293 g/mol. The van der Waals surface area contributed by atoms with Crippen molar-refractivity contribution >= 4 is 11.9 Å². The third kappa shape index (κ3) is 8.68. The second-order valence-electron chi connectivity index (χ2n) is 4.97. The number of hydrogen-bond acceptors (Lipinski definition) is 3. The molecule has 0 spiro atoms. The number of amides is 1. The minimum atomic E-state index is -0.816. The standard InChI is InChI=1S/C16H23NO4/c1-13-7-9-14(10-8-13)21-12-4-11-17-15(18)5-2-3-6-16(19)20/h7-10H,2-6,11-12H2,1H3,(H,17,18)(H,19,20). The minimum absolute atomic E-state index is 0.0317. The van der Waals surface area contributed by atoms with Crippen LogP contribution in [0.3, 0.4) is 0 Å². The van der Waals surface area contributed by atoms with Crippen LogP contribution in [-0.4, -0.2) is 30.1 Å². The zero-order valence-electron chi connectivity index (χ0n) is 12.4. The second kappa shape index (κ2) is 9.80. The van der Waals surface area contributed by atoms with Gasteiger partial charge in [-0.15, -0.1) is 0 Å². The van der Waals surface area contributed by atoms with E-state index in [1.165, 1.54) is 5.56 Å². The molecule has 0 saturated carbocycles. The van der Waals surface area contributed by atoms with Crippen LogP contribution < -0.4 is 10.1 Å². The van der Waals surface area contributed by atoms with Gasteiger partial charge in [0, 0.05) is 19.4 Å². The van der Waals surface area contributed by atoms with Crippen LogP contribution in [0.15, 0.2) is 24.3 Å². The summed E-state index contributed by atoms with van der Waals surface area (Å²) in [6, 6.07) is 7.84. The van der Waals surface area contributed by atoms with Crippen LogP contribution in [0.4, 0.5) is 0 Å². The maximum absolute atomic E-state index is 11.5. The molecule has 5 heteroatoms. The largest absolute Gasteiger partial charge is 0.494 e. The van der Waals surface area contributed by atoms with E-state index in [0.717, 1.165) is 12.2 Å². The number of carbonyl (C=O) groups excluding carboxylic acids is 1. The molecule has 0 aromatic heterocycles. The van der Waals surface area contributed by atoms with Gasteiger partial charge in [-0.05, 0) is 38.3 Å². The third-order valence-electron chi connectivity index (χ3n) is 2.98. The fraction of sp³-hybridized carbons (Fsp3) is 0.500. The van der Waals surface area contributed by atoms with Crippen molar-refractivity contribution in [2.75, 3.05) is 13.2 Å². The molecule has 0 aliphatic rings. The molecule has 0 radical (unpaired) electrons. The summed E-state index contributed by atoms with van der Waals surface area (Å²) in [6.07, 6.45) is 2.40. The number of carbonyl (C=O) groups is 2. The lowest BCUT2D eigenvalue weighted by Gasteiger charge is -2.07. The van der Waals surface area contributed by atoms with Crippen molar-refractivity contribution in [2.45, 2.75) is 39.0 Å². The predicted molar refractivity (Wildman–Crippen MR) is 80.4 cm³/mol. The molecule has 5 nitrogen and oxygen atoms in total. The van der Waals surface area contributed by atoms with Crippen molar-refractivity contribution in [3.63, 3.8) is 0 Å². The molecule has 1 amide bonds. The molecule has 21 heavy (non-hydrogen) atoms. The number of rotatable bonds is 10. The van der Waals surface area contributed by atoms with Crippen molar-refractivity contribution in [1.82, 2.24) is 5.32 Å². The molecule has 0 fully saturated rings. The summed E-state index contributed by atoms with van der Waals surface area (Å²) in [5.41, 5.74) is 1.19. The van der Waals surface area contributed by atoms with Gasteiger partial charge in [-0.1, -0.05) is 17.7 Å². The average Bonchev–Trinajstić information content (AvgIpc) is 2.45. The second-order valence-corrected chi connectivity index (χ2v) is 4.97. The van der Waals surface area contributed by atoms with Crippen LogP contribution >= 0.6 is 0 Å². The van der Waals surface area contributed by atoms with Gasteiger partial charge in [-0.25, -0.2) is 0 Å². The number of aliphatic carboxylic acids is 1. The fourth-order valence-corrected chi connectivity index (χ4v) is 1.77. The summed E-state index contributed by atoms with van der Waals surface area (Å²) >= 11 is 0. The van der Waals surface area contributed by atoms with Crippen molar-refractivity contribution in [1.29, 1.82) is 0 Å². The topological polar surface area (TPSA) is 75.6 Å². The molecular formula is C16H23NO4. The lowest BCUT2D eigenvalue weighted by molar-refractivity contribution is -0.137. The number of hydrogen-bond donors (Lipinski definition) is 2. The highest BCUT2D eigenvalue weighted by atomic mass is 16.5. The molecule has 0 atom stereocenters. The van der Waals surface area contributed by atoms with Gasteiger partial charge in [0.05, 0.1) is 6.61 Å². The summed E-state index contributed by atoms with van der Waals surface area (Å²) < 4.78 is 5.55. The van der Waals surface area contributed by atoms with Gasteiger partial charge in [-0.3, -0.25) is 9.59 Å². The zero-order chi connectivity index (χ0) is 15.5. The molecular weight excluding hydrogens is 270 g/mol. The Morgan fingerprint density at radius 1 is 1.10 bits per heavy atom. The van der Waals surface area contributed by atoms with Crippen LogP contribution in [0.25, 0.3) is 0 Å². The molecule has 0 heterocycles. The molecule has 0 unspecified atom stereocenters. The number of carboxylic acids is 1. The molecule has 0 aliphatic carbocycles. The predicted octanol–water partition coefficient (Wildman–Crippen LogP) is 2.53. The van der Waals surface area contributed by atoms with E-state index in [0.29, 0.717) is 32.4 Å². The summed E-state index contributed by atoms with van der Waals surface area (Å²) in [4.78, 5) is 21.8. The maximum Gasteiger partial charge on any atom is 0.303 e. The molecule has 2 N–H and O–H groups in total. The normalized spacial score (nSPS) is 10.1. The number of benzene rings is 1. The van der Waals surface area contributed by atoms with Crippen LogP contribution in [0.2, 0.25) is 0 Å². The number of ether oxygens (including phenoxy) is 1. The lowest BCUT2D eigenvalue weighted by atomic mass is 10.2. The Balaban J connectivity index is 1.99. The number of unbranched alkanes of at least 4 members (excludes halogenated alkanes) is 1. The van der Waals surface area contributed by atoms with Gasteiger partial charge in [0.25, 0.3) is 0 Å². The Morgan fingerprint density at radius 2 is 1.76 bits per heavy atom. The van der Waals surface area contributed by atoms with Gasteiger partial charge in [0.1, 0.15) is 5.75 Å². The summed E-state index contributed by atoms with van der Waals surface area (Å²) in [5.74, 6) is -0.0139. The number of nitrogens with one attached hydrogen (secondary N) is 1. The van der Waals surface area contributed by atoms with E-state index in [2.05, 4.69) is 5.32 Å². The Hall–Kier alpha value is -2.04. The zero-order valence-corrected chi connectivity index (χ0v) is 12.4. The van der Waals surface area contributed by atoms with Crippen LogP contribution in [0.5, 0.6) is 5.75 Å². The molecule has 0 aliphatic heterocycles. The molecule has 1 aromatic carbocycles. The first kappa shape index (κ1) is 17.0. The fourth-order valence-electron chi connectivity index (χ4n) is 1.77. The van der Waals surface area contributed by atoms with Gasteiger partial charge in [0.2, 0.25) is 5.91 Å². The Morgan fingerprint density at radius 3 is 2.43 bits per heavy atom. The van der Waals surface area contributed by atoms with E-state index in [4.69, 9.17) is 9.84 Å².